The van der Waals surface area contributed by atoms with Crippen LogP contribution in [-0.2, 0) is 0 Å². The zero-order valence-corrected chi connectivity index (χ0v) is 21.0. The van der Waals surface area contributed by atoms with E-state index in [-0.39, 0.29) is 24.0 Å². The molecule has 1 heterocycles. The molecule has 3 aromatic rings. The third-order valence-corrected chi connectivity index (χ3v) is 6.53. The Bertz CT molecular complexity index is 1200. The van der Waals surface area contributed by atoms with Gasteiger partial charge in [-0.25, -0.2) is 4.79 Å². The fourth-order valence-corrected chi connectivity index (χ4v) is 4.76. The number of rotatable bonds is 5. The highest BCUT2D eigenvalue weighted by atomic mass is 16.5. The first-order valence-electron chi connectivity index (χ1n) is 12.1. The minimum absolute atomic E-state index is 0.0661. The molecule has 182 valence electrons. The molecule has 35 heavy (non-hydrogen) atoms. The number of aryl methyl sites for hydroxylation is 2. The van der Waals surface area contributed by atoms with Crippen molar-refractivity contribution >= 4 is 23.3 Å². The van der Waals surface area contributed by atoms with Crippen LogP contribution in [0, 0.1) is 13.8 Å². The van der Waals surface area contributed by atoms with Crippen molar-refractivity contribution < 1.29 is 14.3 Å². The number of anilines is 2. The van der Waals surface area contributed by atoms with Crippen LogP contribution in [0.5, 0.6) is 5.75 Å². The summed E-state index contributed by atoms with van der Waals surface area (Å²) in [6.07, 6.45) is 0.614. The third-order valence-electron chi connectivity index (χ3n) is 6.53. The molecule has 0 bridgehead atoms. The minimum atomic E-state index is -0.214. The molecule has 1 N–H and O–H groups in total. The second-order valence-corrected chi connectivity index (χ2v) is 9.11. The molecule has 3 aromatic carbocycles. The average Bonchev–Trinajstić information content (AvgIpc) is 2.85. The lowest BCUT2D eigenvalue weighted by atomic mass is 9.88. The fourth-order valence-electron chi connectivity index (χ4n) is 4.76. The van der Waals surface area contributed by atoms with Crippen LogP contribution in [0.15, 0.2) is 66.7 Å². The van der Waals surface area contributed by atoms with Crippen LogP contribution in [0.4, 0.5) is 16.2 Å². The molecule has 6 heteroatoms. The van der Waals surface area contributed by atoms with Crippen molar-refractivity contribution in [2.45, 2.75) is 46.2 Å². The molecule has 0 spiro atoms. The maximum atomic E-state index is 13.7. The molecule has 3 amide bonds. The van der Waals surface area contributed by atoms with Crippen molar-refractivity contribution in [1.82, 2.24) is 5.32 Å². The van der Waals surface area contributed by atoms with Gasteiger partial charge in [-0.3, -0.25) is 9.69 Å². The Balaban J connectivity index is 1.79. The Hall–Kier alpha value is -3.80. The van der Waals surface area contributed by atoms with E-state index in [2.05, 4.69) is 11.4 Å². The lowest BCUT2D eigenvalue weighted by Crippen LogP contribution is -2.50. The smallest absolute Gasteiger partial charge is 0.322 e. The molecule has 0 aliphatic carbocycles. The zero-order chi connectivity index (χ0) is 25.1. The molecule has 0 radical (unpaired) electrons. The number of fused-ring (bicyclic) bond motifs is 1. The summed E-state index contributed by atoms with van der Waals surface area (Å²) in [7, 11) is 1.61. The number of ether oxygens (including phenoxy) is 1. The number of carbonyl (C=O) groups is 2. The van der Waals surface area contributed by atoms with E-state index in [1.807, 2.05) is 73.9 Å². The number of carbonyl (C=O) groups excluding carboxylic acids is 2. The van der Waals surface area contributed by atoms with Gasteiger partial charge in [0.1, 0.15) is 5.75 Å². The van der Waals surface area contributed by atoms with Crippen LogP contribution < -0.4 is 19.9 Å². The van der Waals surface area contributed by atoms with Gasteiger partial charge in [-0.1, -0.05) is 35.4 Å². The SMILES string of the molecule is CCNC(=O)N(c1ccc(C)cc1)[C@@H]1C[C@@H](C)N(C(=O)c2ccc(OC)cc2)c2ccc(C)cc21. The van der Waals surface area contributed by atoms with Crippen molar-refractivity contribution in [3.63, 3.8) is 0 Å². The van der Waals surface area contributed by atoms with E-state index in [4.69, 9.17) is 4.74 Å². The van der Waals surface area contributed by atoms with E-state index in [9.17, 15) is 9.59 Å². The third kappa shape index (κ3) is 4.87. The van der Waals surface area contributed by atoms with E-state index in [0.29, 0.717) is 24.3 Å². The predicted octanol–water partition coefficient (Wildman–Crippen LogP) is 6.03. The number of urea groups is 1. The largest absolute Gasteiger partial charge is 0.497 e. The summed E-state index contributed by atoms with van der Waals surface area (Å²) >= 11 is 0. The minimum Gasteiger partial charge on any atom is -0.497 e. The first-order valence-corrected chi connectivity index (χ1v) is 12.1. The van der Waals surface area contributed by atoms with Gasteiger partial charge in [-0.2, -0.15) is 0 Å². The molecule has 2 atom stereocenters. The van der Waals surface area contributed by atoms with Crippen molar-refractivity contribution in [3.05, 3.63) is 89.0 Å². The van der Waals surface area contributed by atoms with Crippen molar-refractivity contribution in [1.29, 1.82) is 0 Å². The van der Waals surface area contributed by atoms with Gasteiger partial charge in [0.15, 0.2) is 0 Å². The number of nitrogens with one attached hydrogen (secondary N) is 1. The number of nitrogens with zero attached hydrogens (tertiary/aromatic N) is 2. The highest BCUT2D eigenvalue weighted by Gasteiger charge is 2.39. The van der Waals surface area contributed by atoms with E-state index in [1.54, 1.807) is 31.4 Å². The van der Waals surface area contributed by atoms with E-state index in [1.165, 1.54) is 0 Å². The van der Waals surface area contributed by atoms with E-state index >= 15 is 0 Å². The first-order chi connectivity index (χ1) is 16.8. The Labute approximate surface area is 207 Å². The fraction of sp³-hybridized carbons (Fsp3) is 0.310. The zero-order valence-electron chi connectivity index (χ0n) is 21.0. The topological polar surface area (TPSA) is 61.9 Å². The molecular weight excluding hydrogens is 438 g/mol. The maximum absolute atomic E-state index is 13.7. The Kier molecular flexibility index (Phi) is 7.10. The molecule has 6 nitrogen and oxygen atoms in total. The molecule has 0 saturated heterocycles. The van der Waals surface area contributed by atoms with Crippen LogP contribution in [0.1, 0.15) is 53.4 Å². The molecule has 0 saturated carbocycles. The number of benzene rings is 3. The van der Waals surface area contributed by atoms with Gasteiger partial charge in [0.2, 0.25) is 0 Å². The number of amides is 3. The normalized spacial score (nSPS) is 16.9. The summed E-state index contributed by atoms with van der Waals surface area (Å²) in [6.45, 7) is 8.56. The van der Waals surface area contributed by atoms with Crippen molar-refractivity contribution in [2.75, 3.05) is 23.5 Å². The monoisotopic (exact) mass is 471 g/mol. The van der Waals surface area contributed by atoms with Gasteiger partial charge in [-0.15, -0.1) is 0 Å². The van der Waals surface area contributed by atoms with Crippen LogP contribution in [0.2, 0.25) is 0 Å². The van der Waals surface area contributed by atoms with Crippen LogP contribution >= 0.6 is 0 Å². The van der Waals surface area contributed by atoms with E-state index < -0.39 is 0 Å². The second kappa shape index (κ2) is 10.2. The lowest BCUT2D eigenvalue weighted by molar-refractivity contribution is 0.0973. The number of hydrogen-bond acceptors (Lipinski definition) is 3. The van der Waals surface area contributed by atoms with Gasteiger partial charge in [0.25, 0.3) is 5.91 Å². The summed E-state index contributed by atoms with van der Waals surface area (Å²) in [4.78, 5) is 30.7. The summed E-state index contributed by atoms with van der Waals surface area (Å²) in [5.74, 6) is 0.642. The van der Waals surface area contributed by atoms with Gasteiger partial charge in [0, 0.05) is 29.5 Å². The number of hydrogen-bond donors (Lipinski definition) is 1. The number of methoxy groups -OCH3 is 1. The lowest BCUT2D eigenvalue weighted by Gasteiger charge is -2.43. The Morgan fingerprint density at radius 3 is 2.29 bits per heavy atom. The van der Waals surface area contributed by atoms with Crippen LogP contribution in [-0.4, -0.2) is 31.6 Å². The molecule has 0 unspecified atom stereocenters. The van der Waals surface area contributed by atoms with Crippen LogP contribution in [0.3, 0.4) is 0 Å². The standard InChI is InChI=1S/C29H33N3O3/c1-6-30-29(34)32(23-12-7-19(2)8-13-23)27-18-21(4)31(26-16-9-20(3)17-25(26)27)28(33)22-10-14-24(35-5)15-11-22/h7-17,21,27H,6,18H2,1-5H3,(H,30,34)/t21-,27-/m1/s1. The molecular formula is C29H33N3O3. The molecule has 4 rings (SSSR count). The summed E-state index contributed by atoms with van der Waals surface area (Å²) in [5, 5.41) is 2.98. The highest BCUT2D eigenvalue weighted by molar-refractivity contribution is 6.07. The first kappa shape index (κ1) is 24.3. The van der Waals surface area contributed by atoms with Crippen molar-refractivity contribution in [3.8, 4) is 5.75 Å². The molecule has 1 aliphatic rings. The van der Waals surface area contributed by atoms with E-state index in [0.717, 1.165) is 28.1 Å². The predicted molar refractivity (Wildman–Crippen MR) is 141 cm³/mol. The van der Waals surface area contributed by atoms with Gasteiger partial charge in [0.05, 0.1) is 13.2 Å². The molecule has 1 aliphatic heterocycles. The second-order valence-electron chi connectivity index (χ2n) is 9.11. The quantitative estimate of drug-likeness (QED) is 0.494. The van der Waals surface area contributed by atoms with Gasteiger partial charge >= 0.3 is 6.03 Å². The van der Waals surface area contributed by atoms with Crippen LogP contribution in [0.25, 0.3) is 0 Å². The average molecular weight is 472 g/mol. The Morgan fingerprint density at radius 1 is 1.00 bits per heavy atom. The summed E-state index contributed by atoms with van der Waals surface area (Å²) < 4.78 is 5.25. The van der Waals surface area contributed by atoms with Crippen molar-refractivity contribution in [2.24, 2.45) is 0 Å². The van der Waals surface area contributed by atoms with Gasteiger partial charge in [-0.05, 0) is 82.1 Å². The summed E-state index contributed by atoms with van der Waals surface area (Å²) in [6, 6.07) is 20.8. The maximum Gasteiger partial charge on any atom is 0.322 e. The molecule has 0 aromatic heterocycles. The summed E-state index contributed by atoms with van der Waals surface area (Å²) in [5.41, 5.74) is 5.45. The van der Waals surface area contributed by atoms with Gasteiger partial charge < -0.3 is 15.0 Å². The molecule has 0 fully saturated rings. The highest BCUT2D eigenvalue weighted by Crippen LogP contribution is 2.43. The Morgan fingerprint density at radius 2 is 1.66 bits per heavy atom.